The Kier molecular flexibility index (Phi) is 26.4. The minimum atomic E-state index is -0.631. The molecule has 1 aromatic rings. The van der Waals surface area contributed by atoms with Gasteiger partial charge in [-0.15, -0.1) is 5.10 Å². The molecule has 0 N–H and O–H groups in total. The van der Waals surface area contributed by atoms with E-state index in [1.54, 1.807) is 17.8 Å². The van der Waals surface area contributed by atoms with Crippen molar-refractivity contribution in [1.82, 2.24) is 15.0 Å². The second-order valence-corrected chi connectivity index (χ2v) is 13.0. The average Bonchev–Trinajstić information content (AvgIpc) is 3.47. The van der Waals surface area contributed by atoms with Gasteiger partial charge >= 0.3 is 11.9 Å². The molecule has 1 atom stereocenters. The molecule has 0 aliphatic carbocycles. The molecule has 0 aromatic carbocycles. The summed E-state index contributed by atoms with van der Waals surface area (Å²) in [6, 6.07) is 0. The van der Waals surface area contributed by atoms with Crippen molar-refractivity contribution < 1.29 is 23.9 Å². The fourth-order valence-electron chi connectivity index (χ4n) is 5.55. The lowest BCUT2D eigenvalue weighted by atomic mass is 10.1. The maximum atomic E-state index is 12.7. The van der Waals surface area contributed by atoms with Crippen molar-refractivity contribution in [1.29, 1.82) is 0 Å². The lowest BCUT2D eigenvalue weighted by Gasteiger charge is -2.18. The molecule has 0 radical (unpaired) electrons. The number of ketones is 1. The molecular formula is C37H67N3O5. The zero-order chi connectivity index (χ0) is 32.8. The largest absolute Gasteiger partial charge is 0.462 e. The monoisotopic (exact) mass is 634 g/mol. The number of carbonyl (C=O) groups is 3. The molecule has 1 rings (SSSR count). The molecular weight excluding hydrogens is 566 g/mol. The fourth-order valence-corrected chi connectivity index (χ4v) is 5.55. The van der Waals surface area contributed by atoms with E-state index in [1.807, 2.05) is 0 Å². The van der Waals surface area contributed by atoms with Crippen molar-refractivity contribution in [2.45, 2.75) is 200 Å². The topological polar surface area (TPSA) is 100 Å². The van der Waals surface area contributed by atoms with Gasteiger partial charge in [-0.05, 0) is 26.2 Å². The van der Waals surface area contributed by atoms with E-state index in [2.05, 4.69) is 24.2 Å². The fraction of sp³-hybridized carbons (Fsp3) is 0.865. The highest BCUT2D eigenvalue weighted by Crippen LogP contribution is 2.14. The number of nitrogens with zero attached hydrogens (tertiary/aromatic N) is 3. The first kappa shape index (κ1) is 40.8. The molecule has 1 heterocycles. The number of carbonyl (C=O) groups excluding carboxylic acids is 3. The zero-order valence-corrected chi connectivity index (χ0v) is 29.3. The summed E-state index contributed by atoms with van der Waals surface area (Å²) in [5.74, 6) is -0.421. The van der Waals surface area contributed by atoms with Gasteiger partial charge < -0.3 is 14.3 Å². The predicted molar refractivity (Wildman–Crippen MR) is 182 cm³/mol. The number of aromatic nitrogens is 3. The van der Waals surface area contributed by atoms with Crippen LogP contribution in [0.3, 0.4) is 0 Å². The first-order valence-electron chi connectivity index (χ1n) is 18.7. The van der Waals surface area contributed by atoms with E-state index < -0.39 is 6.10 Å². The summed E-state index contributed by atoms with van der Waals surface area (Å²) in [5.41, 5.74) is 0.713. The summed E-state index contributed by atoms with van der Waals surface area (Å²) < 4.78 is 12.9. The molecule has 0 fully saturated rings. The molecule has 0 saturated heterocycles. The van der Waals surface area contributed by atoms with Crippen LogP contribution in [0.5, 0.6) is 0 Å². The quantitative estimate of drug-likeness (QED) is 0.0575. The SMILES string of the molecule is CCCCCCCCCCCCCC(=O)OCC(Cn1cc(CCC(C)=O)nn1)OC(=O)CCCCCCCCCCCCC. The summed E-state index contributed by atoms with van der Waals surface area (Å²) in [6.07, 6.45) is 29.8. The van der Waals surface area contributed by atoms with Gasteiger partial charge in [0.25, 0.3) is 0 Å². The smallest absolute Gasteiger partial charge is 0.306 e. The third-order valence-corrected chi connectivity index (χ3v) is 8.41. The molecule has 45 heavy (non-hydrogen) atoms. The lowest BCUT2D eigenvalue weighted by molar-refractivity contribution is -0.160. The molecule has 260 valence electrons. The van der Waals surface area contributed by atoms with Crippen molar-refractivity contribution in [3.8, 4) is 0 Å². The second-order valence-electron chi connectivity index (χ2n) is 13.0. The molecule has 0 aliphatic heterocycles. The number of aryl methyl sites for hydroxylation is 1. The molecule has 0 aliphatic rings. The molecule has 0 saturated carbocycles. The molecule has 1 unspecified atom stereocenters. The first-order valence-corrected chi connectivity index (χ1v) is 18.7. The Hall–Kier alpha value is -2.25. The Morgan fingerprint density at radius 1 is 0.644 bits per heavy atom. The average molecular weight is 634 g/mol. The zero-order valence-electron chi connectivity index (χ0n) is 29.3. The van der Waals surface area contributed by atoms with E-state index in [0.29, 0.717) is 31.4 Å². The summed E-state index contributed by atoms with van der Waals surface area (Å²) >= 11 is 0. The van der Waals surface area contributed by atoms with E-state index >= 15 is 0 Å². The van der Waals surface area contributed by atoms with Crippen LogP contribution in [0.1, 0.15) is 187 Å². The Bertz CT molecular complexity index is 872. The summed E-state index contributed by atoms with van der Waals surface area (Å²) in [6.45, 7) is 6.31. The van der Waals surface area contributed by atoms with Gasteiger partial charge in [0, 0.05) is 25.5 Å². The van der Waals surface area contributed by atoms with E-state index in [-0.39, 0.29) is 30.9 Å². The molecule has 0 spiro atoms. The first-order chi connectivity index (χ1) is 21.9. The van der Waals surface area contributed by atoms with Crippen molar-refractivity contribution in [2.75, 3.05) is 6.61 Å². The van der Waals surface area contributed by atoms with Crippen LogP contribution < -0.4 is 0 Å². The number of unbranched alkanes of at least 4 members (excludes halogenated alkanes) is 20. The Morgan fingerprint density at radius 2 is 1.09 bits per heavy atom. The van der Waals surface area contributed by atoms with Crippen molar-refractivity contribution in [2.24, 2.45) is 0 Å². The van der Waals surface area contributed by atoms with Crippen LogP contribution in [0.15, 0.2) is 6.20 Å². The highest BCUT2D eigenvalue weighted by Gasteiger charge is 2.19. The number of esters is 2. The normalized spacial score (nSPS) is 11.9. The van der Waals surface area contributed by atoms with Gasteiger partial charge in [0.05, 0.1) is 12.2 Å². The van der Waals surface area contributed by atoms with Crippen LogP contribution in [-0.4, -0.2) is 45.4 Å². The standard InChI is InChI=1S/C37H67N3O5/c1-4-6-8-10-12-14-16-18-20-22-24-26-36(42)44-32-35(31-40-30-34(38-39-40)29-28-33(3)41)45-37(43)27-25-23-21-19-17-15-13-11-9-7-5-2/h30,35H,4-29,31-32H2,1-3H3. The van der Waals surface area contributed by atoms with Crippen molar-refractivity contribution in [3.63, 3.8) is 0 Å². The van der Waals surface area contributed by atoms with Crippen LogP contribution >= 0.6 is 0 Å². The number of hydrogen-bond donors (Lipinski definition) is 0. The van der Waals surface area contributed by atoms with Gasteiger partial charge in [-0.2, -0.15) is 0 Å². The molecule has 8 heteroatoms. The highest BCUT2D eigenvalue weighted by molar-refractivity contribution is 5.75. The lowest BCUT2D eigenvalue weighted by Crippen LogP contribution is -2.30. The molecule has 0 amide bonds. The van der Waals surface area contributed by atoms with E-state index in [0.717, 1.165) is 38.5 Å². The molecule has 0 bridgehead atoms. The van der Waals surface area contributed by atoms with Gasteiger partial charge in [0.15, 0.2) is 6.10 Å². The predicted octanol–water partition coefficient (Wildman–Crippen LogP) is 9.66. The number of hydrogen-bond acceptors (Lipinski definition) is 7. The maximum Gasteiger partial charge on any atom is 0.306 e. The van der Waals surface area contributed by atoms with Gasteiger partial charge in [-0.1, -0.05) is 147 Å². The van der Waals surface area contributed by atoms with Gasteiger partial charge in [-0.3, -0.25) is 9.59 Å². The second kappa shape index (κ2) is 29.2. The third kappa shape index (κ3) is 25.6. The minimum absolute atomic E-state index is 0.00347. The number of ether oxygens (including phenoxy) is 2. The number of rotatable bonds is 32. The van der Waals surface area contributed by atoms with Crippen LogP contribution in [0.4, 0.5) is 0 Å². The number of Topliss-reactive ketones (excluding diaryl/α,β-unsaturated/α-hetero) is 1. The highest BCUT2D eigenvalue weighted by atomic mass is 16.6. The van der Waals surface area contributed by atoms with Crippen LogP contribution in [0, 0.1) is 0 Å². The van der Waals surface area contributed by atoms with Crippen LogP contribution in [-0.2, 0) is 36.8 Å². The van der Waals surface area contributed by atoms with Gasteiger partial charge in [0.2, 0.25) is 0 Å². The van der Waals surface area contributed by atoms with Crippen LogP contribution in [0.2, 0.25) is 0 Å². The van der Waals surface area contributed by atoms with Gasteiger partial charge in [0.1, 0.15) is 12.4 Å². The van der Waals surface area contributed by atoms with Gasteiger partial charge in [-0.25, -0.2) is 4.68 Å². The third-order valence-electron chi connectivity index (χ3n) is 8.41. The molecule has 1 aromatic heterocycles. The Balaban J connectivity index is 2.34. The molecule has 8 nitrogen and oxygen atoms in total. The van der Waals surface area contributed by atoms with E-state index in [4.69, 9.17) is 9.47 Å². The Morgan fingerprint density at radius 3 is 1.56 bits per heavy atom. The van der Waals surface area contributed by atoms with E-state index in [1.165, 1.54) is 103 Å². The minimum Gasteiger partial charge on any atom is -0.462 e. The maximum absolute atomic E-state index is 12.7. The van der Waals surface area contributed by atoms with E-state index in [9.17, 15) is 14.4 Å². The summed E-state index contributed by atoms with van der Waals surface area (Å²) in [5, 5.41) is 8.26. The summed E-state index contributed by atoms with van der Waals surface area (Å²) in [7, 11) is 0. The van der Waals surface area contributed by atoms with Crippen molar-refractivity contribution in [3.05, 3.63) is 11.9 Å². The summed E-state index contributed by atoms with van der Waals surface area (Å²) in [4.78, 5) is 36.4. The van der Waals surface area contributed by atoms with Crippen LogP contribution in [0.25, 0.3) is 0 Å². The van der Waals surface area contributed by atoms with Crippen molar-refractivity contribution >= 4 is 17.7 Å². The Labute approximate surface area is 275 Å².